The molecule has 0 bridgehead atoms. The average Bonchev–Trinajstić information content (AvgIpc) is 3.13. The van der Waals surface area contributed by atoms with Gasteiger partial charge in [0.1, 0.15) is 5.82 Å². The Balaban J connectivity index is 2.04. The lowest BCUT2D eigenvalue weighted by Crippen LogP contribution is -2.10. The quantitative estimate of drug-likeness (QED) is 0.840. The van der Waals surface area contributed by atoms with Crippen LogP contribution in [0.1, 0.15) is 43.1 Å². The van der Waals surface area contributed by atoms with E-state index in [0.29, 0.717) is 5.92 Å². The molecule has 1 fully saturated rings. The number of benzene rings is 1. The van der Waals surface area contributed by atoms with Crippen LogP contribution in [-0.4, -0.2) is 14.8 Å². The molecule has 1 aromatic heterocycles. The molecule has 0 spiro atoms. The van der Waals surface area contributed by atoms with Crippen LogP contribution in [0.4, 0.5) is 0 Å². The van der Waals surface area contributed by atoms with Gasteiger partial charge in [0.2, 0.25) is 0 Å². The normalized spacial score (nSPS) is 17.0. The highest BCUT2D eigenvalue weighted by Gasteiger charge is 2.30. The van der Waals surface area contributed by atoms with Crippen molar-refractivity contribution in [2.24, 2.45) is 0 Å². The number of rotatable bonds is 3. The van der Waals surface area contributed by atoms with Gasteiger partial charge in [0.15, 0.2) is 4.77 Å². The first-order chi connectivity index (χ1) is 8.27. The van der Waals surface area contributed by atoms with E-state index in [2.05, 4.69) is 46.0 Å². The topological polar surface area (TPSA) is 33.6 Å². The summed E-state index contributed by atoms with van der Waals surface area (Å²) in [5, 5.41) is 7.30. The minimum atomic E-state index is 0.248. The molecule has 88 valence electrons. The smallest absolute Gasteiger partial charge is 0.195 e. The summed E-state index contributed by atoms with van der Waals surface area (Å²) in [6, 6.07) is 10.7. The van der Waals surface area contributed by atoms with Gasteiger partial charge in [-0.25, -0.2) is 0 Å². The fourth-order valence-electron chi connectivity index (χ4n) is 2.20. The molecule has 1 unspecified atom stereocenters. The van der Waals surface area contributed by atoms with E-state index < -0.39 is 0 Å². The molecule has 0 saturated heterocycles. The Morgan fingerprint density at radius 3 is 2.71 bits per heavy atom. The number of aromatic nitrogens is 3. The average molecular weight is 245 g/mol. The van der Waals surface area contributed by atoms with Crippen molar-refractivity contribution in [1.82, 2.24) is 14.8 Å². The second-order valence-electron chi connectivity index (χ2n) is 4.62. The Morgan fingerprint density at radius 2 is 2.06 bits per heavy atom. The predicted octanol–water partition coefficient (Wildman–Crippen LogP) is 3.43. The van der Waals surface area contributed by atoms with Crippen LogP contribution in [0.15, 0.2) is 30.3 Å². The molecule has 3 nitrogen and oxygen atoms in total. The Kier molecular flexibility index (Phi) is 2.59. The van der Waals surface area contributed by atoms with Gasteiger partial charge in [0, 0.05) is 5.92 Å². The lowest BCUT2D eigenvalue weighted by Gasteiger charge is -2.15. The van der Waals surface area contributed by atoms with E-state index in [1.165, 1.54) is 18.4 Å². The molecule has 1 atom stereocenters. The monoisotopic (exact) mass is 245 g/mol. The van der Waals surface area contributed by atoms with Crippen molar-refractivity contribution in [3.05, 3.63) is 46.5 Å². The van der Waals surface area contributed by atoms with Crippen LogP contribution < -0.4 is 0 Å². The fourth-order valence-corrected chi connectivity index (χ4v) is 2.50. The van der Waals surface area contributed by atoms with Crippen molar-refractivity contribution in [2.75, 3.05) is 0 Å². The maximum absolute atomic E-state index is 5.34. The lowest BCUT2D eigenvalue weighted by atomic mass is 10.1. The summed E-state index contributed by atoms with van der Waals surface area (Å²) in [5.74, 6) is 1.72. The van der Waals surface area contributed by atoms with Crippen LogP contribution in [0, 0.1) is 4.77 Å². The first-order valence-electron chi connectivity index (χ1n) is 5.99. The highest BCUT2D eigenvalue weighted by atomic mass is 32.1. The summed E-state index contributed by atoms with van der Waals surface area (Å²) in [5.41, 5.74) is 1.27. The van der Waals surface area contributed by atoms with Crippen LogP contribution in [-0.2, 0) is 0 Å². The van der Waals surface area contributed by atoms with E-state index in [-0.39, 0.29) is 6.04 Å². The van der Waals surface area contributed by atoms with E-state index in [1.807, 2.05) is 6.07 Å². The Hall–Kier alpha value is -1.42. The molecule has 1 N–H and O–H groups in total. The molecule has 1 heterocycles. The molecule has 3 rings (SSSR count). The number of H-pyrrole nitrogens is 1. The molecule has 1 aliphatic rings. The predicted molar refractivity (Wildman–Crippen MR) is 69.6 cm³/mol. The molecule has 1 aliphatic carbocycles. The molecular formula is C13H15N3S. The van der Waals surface area contributed by atoms with Crippen molar-refractivity contribution < 1.29 is 0 Å². The fraction of sp³-hybridized carbons (Fsp3) is 0.385. The van der Waals surface area contributed by atoms with E-state index in [1.54, 1.807) is 0 Å². The van der Waals surface area contributed by atoms with Crippen LogP contribution in [0.5, 0.6) is 0 Å². The van der Waals surface area contributed by atoms with Gasteiger partial charge in [-0.15, -0.1) is 0 Å². The minimum Gasteiger partial charge on any atom is -0.297 e. The minimum absolute atomic E-state index is 0.248. The van der Waals surface area contributed by atoms with Gasteiger partial charge in [-0.2, -0.15) is 5.10 Å². The number of hydrogen-bond donors (Lipinski definition) is 1. The Bertz CT molecular complexity index is 566. The van der Waals surface area contributed by atoms with Gasteiger partial charge in [-0.1, -0.05) is 30.3 Å². The van der Waals surface area contributed by atoms with Gasteiger partial charge in [0.05, 0.1) is 6.04 Å². The van der Waals surface area contributed by atoms with Crippen molar-refractivity contribution in [2.45, 2.75) is 31.7 Å². The van der Waals surface area contributed by atoms with E-state index in [4.69, 9.17) is 12.2 Å². The summed E-state index contributed by atoms with van der Waals surface area (Å²) >= 11 is 5.34. The van der Waals surface area contributed by atoms with Crippen molar-refractivity contribution >= 4 is 12.2 Å². The molecule has 0 amide bonds. The SMILES string of the molecule is CC(c1ccccc1)n1c(C2CC2)n[nH]c1=S. The maximum atomic E-state index is 5.34. The third-order valence-corrected chi connectivity index (χ3v) is 3.63. The first-order valence-corrected chi connectivity index (χ1v) is 6.40. The zero-order valence-electron chi connectivity index (χ0n) is 9.76. The summed E-state index contributed by atoms with van der Waals surface area (Å²) in [6.45, 7) is 2.17. The van der Waals surface area contributed by atoms with Crippen LogP contribution in [0.2, 0.25) is 0 Å². The molecule has 0 radical (unpaired) electrons. The second-order valence-corrected chi connectivity index (χ2v) is 5.00. The largest absolute Gasteiger partial charge is 0.297 e. The summed E-state index contributed by atoms with van der Waals surface area (Å²) < 4.78 is 2.88. The van der Waals surface area contributed by atoms with Crippen LogP contribution in [0.3, 0.4) is 0 Å². The molecule has 2 aromatic rings. The summed E-state index contributed by atoms with van der Waals surface area (Å²) in [6.07, 6.45) is 2.47. The van der Waals surface area contributed by atoms with Gasteiger partial charge in [-0.3, -0.25) is 9.67 Å². The molecule has 17 heavy (non-hydrogen) atoms. The molecular weight excluding hydrogens is 230 g/mol. The molecule has 4 heteroatoms. The van der Waals surface area contributed by atoms with Gasteiger partial charge in [0.25, 0.3) is 0 Å². The van der Waals surface area contributed by atoms with Crippen LogP contribution >= 0.6 is 12.2 Å². The van der Waals surface area contributed by atoms with E-state index in [0.717, 1.165) is 10.6 Å². The van der Waals surface area contributed by atoms with Gasteiger partial charge in [-0.05, 0) is 37.5 Å². The molecule has 0 aliphatic heterocycles. The Morgan fingerprint density at radius 1 is 1.35 bits per heavy atom. The van der Waals surface area contributed by atoms with Gasteiger partial charge < -0.3 is 0 Å². The number of nitrogens with zero attached hydrogens (tertiary/aromatic N) is 2. The summed E-state index contributed by atoms with van der Waals surface area (Å²) in [4.78, 5) is 0. The third kappa shape index (κ3) is 1.93. The Labute approximate surface area is 105 Å². The van der Waals surface area contributed by atoms with E-state index >= 15 is 0 Å². The van der Waals surface area contributed by atoms with Crippen molar-refractivity contribution in [3.63, 3.8) is 0 Å². The first kappa shape index (κ1) is 10.7. The second kappa shape index (κ2) is 4.11. The maximum Gasteiger partial charge on any atom is 0.195 e. The highest BCUT2D eigenvalue weighted by molar-refractivity contribution is 7.71. The number of hydrogen-bond acceptors (Lipinski definition) is 2. The summed E-state index contributed by atoms with van der Waals surface area (Å²) in [7, 11) is 0. The number of nitrogens with one attached hydrogen (secondary N) is 1. The van der Waals surface area contributed by atoms with Crippen LogP contribution in [0.25, 0.3) is 0 Å². The van der Waals surface area contributed by atoms with Crippen molar-refractivity contribution in [3.8, 4) is 0 Å². The molecule has 1 aromatic carbocycles. The highest BCUT2D eigenvalue weighted by Crippen LogP contribution is 2.40. The standard InChI is InChI=1S/C13H15N3S/c1-9(10-5-3-2-4-6-10)16-12(11-7-8-11)14-15-13(16)17/h2-6,9,11H,7-8H2,1H3,(H,15,17). The third-order valence-electron chi connectivity index (χ3n) is 3.34. The lowest BCUT2D eigenvalue weighted by molar-refractivity contribution is 0.595. The number of aromatic amines is 1. The zero-order valence-corrected chi connectivity index (χ0v) is 10.6. The van der Waals surface area contributed by atoms with Crippen molar-refractivity contribution in [1.29, 1.82) is 0 Å². The van der Waals surface area contributed by atoms with E-state index in [9.17, 15) is 0 Å². The van der Waals surface area contributed by atoms with Gasteiger partial charge >= 0.3 is 0 Å². The zero-order chi connectivity index (χ0) is 11.8. The molecule has 1 saturated carbocycles.